The van der Waals surface area contributed by atoms with Gasteiger partial charge in [-0.15, -0.1) is 0 Å². The molecule has 25 heteroatoms. The van der Waals surface area contributed by atoms with Crippen LogP contribution in [0.1, 0.15) is 105 Å². The third kappa shape index (κ3) is 17.6. The molecule has 8 rings (SSSR count). The summed E-state index contributed by atoms with van der Waals surface area (Å²) in [6, 6.07) is 18.9. The van der Waals surface area contributed by atoms with Crippen LogP contribution in [0, 0.1) is 11.8 Å². The molecular weight excluding hydrogens is 1090 g/mol. The molecule has 0 saturated carbocycles. The van der Waals surface area contributed by atoms with Crippen LogP contribution in [0.3, 0.4) is 0 Å². The number of benzene rings is 4. The van der Waals surface area contributed by atoms with E-state index in [9.17, 15) is 64.7 Å². The molecule has 4 aromatic rings. The summed E-state index contributed by atoms with van der Waals surface area (Å²) in [5, 5.41) is 0. The summed E-state index contributed by atoms with van der Waals surface area (Å²) in [5.41, 5.74) is -1.03. The zero-order valence-electron chi connectivity index (χ0n) is 44.3. The predicted molar refractivity (Wildman–Crippen MR) is 280 cm³/mol. The summed E-state index contributed by atoms with van der Waals surface area (Å²) >= 11 is 0. The molecule has 0 atom stereocenters. The van der Waals surface area contributed by atoms with Gasteiger partial charge >= 0.3 is 15.6 Å². The number of imide groups is 3. The lowest BCUT2D eigenvalue weighted by Gasteiger charge is -2.14. The second-order valence-electron chi connectivity index (χ2n) is 17.4. The number of hydrogen-bond donors (Lipinski definition) is 0. The van der Waals surface area contributed by atoms with Gasteiger partial charge in [0.15, 0.2) is 17.8 Å². The van der Waals surface area contributed by atoms with Crippen LogP contribution >= 0.6 is 0 Å². The lowest BCUT2D eigenvalue weighted by Crippen LogP contribution is -2.30. The van der Waals surface area contributed by atoms with Crippen molar-refractivity contribution in [2.24, 2.45) is 0 Å². The molecule has 0 N–H and O–H groups in total. The first-order valence-electron chi connectivity index (χ1n) is 24.7. The smallest absolute Gasteiger partial charge is 0.496 e. The van der Waals surface area contributed by atoms with E-state index in [0.29, 0.717) is 98.5 Å². The summed E-state index contributed by atoms with van der Waals surface area (Å²) in [5.74, 6) is 5.75. The number of nitrogens with zero attached hydrogens (tertiary/aromatic N) is 3. The van der Waals surface area contributed by atoms with E-state index in [2.05, 4.69) is 20.8 Å². The number of ether oxygens (including phenoxy) is 6. The molecule has 0 spiro atoms. The third-order valence-electron chi connectivity index (χ3n) is 12.1. The number of hydrogen-bond acceptors (Lipinski definition) is 18. The fourth-order valence-corrected chi connectivity index (χ4v) is 8.37. The Kier molecular flexibility index (Phi) is 23.4. The van der Waals surface area contributed by atoms with Gasteiger partial charge in [-0.3, -0.25) is 57.9 Å². The van der Waals surface area contributed by atoms with Crippen LogP contribution in [-0.4, -0.2) is 144 Å². The highest BCUT2D eigenvalue weighted by atomic mass is 32.2. The second-order valence-corrected chi connectivity index (χ2v) is 18.9. The highest BCUT2D eigenvalue weighted by Gasteiger charge is 2.49. The van der Waals surface area contributed by atoms with E-state index in [1.807, 2.05) is 30.3 Å². The van der Waals surface area contributed by atoms with Gasteiger partial charge in [0.1, 0.15) is 36.1 Å². The van der Waals surface area contributed by atoms with Gasteiger partial charge in [-0.1, -0.05) is 54.3 Å². The Labute approximate surface area is 463 Å². The van der Waals surface area contributed by atoms with Gasteiger partial charge < -0.3 is 32.6 Å². The number of likely N-dealkylation sites (tertiary alicyclic amines) is 3. The van der Waals surface area contributed by atoms with Crippen LogP contribution in [0.2, 0.25) is 0 Å². The maximum Gasteiger partial charge on any atom is 0.534 e. The average Bonchev–Trinajstić information content (AvgIpc) is 4.30. The molecule has 81 heavy (non-hydrogen) atoms. The molecule has 0 radical (unpaired) electrons. The first kappa shape index (κ1) is 63.1. The molecule has 0 aliphatic carbocycles. The Balaban J connectivity index is 0.000000199. The number of aryl methyl sites for hydroxylation is 1. The monoisotopic (exact) mass is 1150 g/mol. The highest BCUT2D eigenvalue weighted by Crippen LogP contribution is 2.34. The molecule has 6 amide bonds. The lowest BCUT2D eigenvalue weighted by atomic mass is 10.1. The Bertz CT molecular complexity index is 3150. The number of aldehydes is 3. The van der Waals surface area contributed by atoms with Crippen LogP contribution in [0.15, 0.2) is 78.9 Å². The summed E-state index contributed by atoms with van der Waals surface area (Å²) in [4.78, 5) is 104. The van der Waals surface area contributed by atoms with Gasteiger partial charge in [0.25, 0.3) is 0 Å². The number of halogens is 3. The molecule has 430 valence electrons. The normalized spacial score (nSPS) is 15.2. The molecule has 4 saturated heterocycles. The maximum absolute atomic E-state index is 12.1. The van der Waals surface area contributed by atoms with Gasteiger partial charge in [-0.25, -0.2) is 0 Å². The predicted octanol–water partition coefficient (Wildman–Crippen LogP) is 6.24. The third-order valence-corrected chi connectivity index (χ3v) is 13.1. The fourth-order valence-electron chi connectivity index (χ4n) is 7.90. The van der Waals surface area contributed by atoms with E-state index in [4.69, 9.17) is 23.7 Å². The number of rotatable bonds is 18. The van der Waals surface area contributed by atoms with Crippen molar-refractivity contribution in [2.75, 3.05) is 61.3 Å². The summed E-state index contributed by atoms with van der Waals surface area (Å²) in [7, 11) is -0.0343. The Morgan fingerprint density at radius 2 is 1.09 bits per heavy atom. The standard InChI is InChI=1S/C17H19NO5.C15H17NO4.C15H13NO4.C9H7F3O5S/c1-21-14-11-13(17-22-9-10-23-17)5-4-12(14)3-2-8-18-15(19)6-7-16(18)20;2*1-20-13-9-11(10-17)4-5-12(13)3-2-8-16-14(18)6-7-15(16)19;1-16-8-4-6(5-13)2-3-7(8)17-18(14,15)9(10,11)12/h2-5,11,17H,6-10H2,1H3;4-5,9-10H,2-3,6-8H2,1H3;4-5,9-10H,6-8H2,1H3;2-5H,1H3/b3-2+;;;. The zero-order chi connectivity index (χ0) is 59.3. The van der Waals surface area contributed by atoms with Crippen molar-refractivity contribution >= 4 is 70.5 Å². The minimum Gasteiger partial charge on any atom is -0.496 e. The minimum atomic E-state index is -5.77. The lowest BCUT2D eigenvalue weighted by molar-refractivity contribution is -0.139. The van der Waals surface area contributed by atoms with Crippen molar-refractivity contribution in [1.82, 2.24) is 14.7 Å². The highest BCUT2D eigenvalue weighted by molar-refractivity contribution is 7.88. The van der Waals surface area contributed by atoms with Gasteiger partial charge in [-0.05, 0) is 60.9 Å². The van der Waals surface area contributed by atoms with Crippen LogP contribution in [-0.2, 0) is 54.8 Å². The van der Waals surface area contributed by atoms with Crippen molar-refractivity contribution < 1.29 is 97.3 Å². The van der Waals surface area contributed by atoms with E-state index < -0.39 is 21.4 Å². The minimum absolute atomic E-state index is 0.0796. The summed E-state index contributed by atoms with van der Waals surface area (Å²) < 4.78 is 93.1. The van der Waals surface area contributed by atoms with Crippen LogP contribution < -0.4 is 23.1 Å². The van der Waals surface area contributed by atoms with E-state index in [0.717, 1.165) is 59.5 Å². The van der Waals surface area contributed by atoms with Crippen molar-refractivity contribution in [3.8, 4) is 40.6 Å². The van der Waals surface area contributed by atoms with Crippen molar-refractivity contribution in [2.45, 2.75) is 63.2 Å². The molecule has 0 bridgehead atoms. The van der Waals surface area contributed by atoms with Crippen LogP contribution in [0.4, 0.5) is 13.2 Å². The summed E-state index contributed by atoms with van der Waals surface area (Å²) in [6.45, 7) is 1.99. The molecule has 21 nitrogen and oxygen atoms in total. The Hall–Kier alpha value is -8.73. The Morgan fingerprint density at radius 3 is 1.62 bits per heavy atom. The molecule has 0 aromatic heterocycles. The average molecular weight is 1150 g/mol. The number of amides is 6. The molecule has 0 unspecified atom stereocenters. The Morgan fingerprint density at radius 1 is 0.593 bits per heavy atom. The van der Waals surface area contributed by atoms with E-state index in [1.165, 1.54) is 16.9 Å². The number of methoxy groups -OCH3 is 4. The second kappa shape index (κ2) is 30.0. The first-order valence-corrected chi connectivity index (χ1v) is 26.1. The van der Waals surface area contributed by atoms with E-state index >= 15 is 0 Å². The first-order chi connectivity index (χ1) is 38.7. The van der Waals surface area contributed by atoms with Gasteiger partial charge in [0.05, 0.1) is 53.8 Å². The quantitative estimate of drug-likeness (QED) is 0.0351. The van der Waals surface area contributed by atoms with E-state index in [-0.39, 0.29) is 79.0 Å². The van der Waals surface area contributed by atoms with Gasteiger partial charge in [-0.2, -0.15) is 21.6 Å². The maximum atomic E-state index is 12.1. The van der Waals surface area contributed by atoms with Gasteiger partial charge in [0.2, 0.25) is 35.4 Å². The van der Waals surface area contributed by atoms with Gasteiger partial charge in [0, 0.05) is 79.4 Å². The number of alkyl halides is 3. The fraction of sp³-hybridized carbons (Fsp3) is 0.339. The summed E-state index contributed by atoms with van der Waals surface area (Å²) in [6.07, 6.45) is 8.40. The van der Waals surface area contributed by atoms with E-state index in [1.54, 1.807) is 50.6 Å². The molecule has 4 aliphatic rings. The van der Waals surface area contributed by atoms with Crippen molar-refractivity contribution in [1.29, 1.82) is 0 Å². The number of carbonyl (C=O) groups excluding carboxylic acids is 9. The van der Waals surface area contributed by atoms with Crippen LogP contribution in [0.5, 0.6) is 28.7 Å². The molecule has 4 heterocycles. The van der Waals surface area contributed by atoms with Crippen molar-refractivity contribution in [3.63, 3.8) is 0 Å². The van der Waals surface area contributed by atoms with Crippen molar-refractivity contribution in [3.05, 3.63) is 118 Å². The largest absolute Gasteiger partial charge is 0.534 e. The molecule has 4 aliphatic heterocycles. The molecular formula is C56H56F3N3O18S. The van der Waals surface area contributed by atoms with Crippen LogP contribution in [0.25, 0.3) is 6.08 Å². The topological polar surface area (TPSA) is 262 Å². The molecule has 4 fully saturated rings. The SMILES string of the molecule is COc1cc(C2OCCO2)ccc1/C=C/CN1C(=O)CCC1=O.COc1cc(C=O)ccc1C#CCN1C(=O)CCC1=O.COc1cc(C=O)ccc1CCCN1C(=O)CCC1=O.COc1cc(C=O)ccc1OS(=O)(=O)C(F)(F)F. The molecule has 4 aromatic carbocycles. The number of carbonyl (C=O) groups is 9. The zero-order valence-corrected chi connectivity index (χ0v) is 45.1.